The molecule has 35 heavy (non-hydrogen) atoms. The van der Waals surface area contributed by atoms with Crippen molar-refractivity contribution < 1.29 is 13.2 Å². The molecule has 180 valence electrons. The second-order valence-electron chi connectivity index (χ2n) is 9.08. The van der Waals surface area contributed by atoms with Gasteiger partial charge in [0.15, 0.2) is 0 Å². The highest BCUT2D eigenvalue weighted by molar-refractivity contribution is 7.89. The number of amides is 1. The minimum atomic E-state index is -3.78. The van der Waals surface area contributed by atoms with E-state index in [1.807, 2.05) is 31.2 Å². The van der Waals surface area contributed by atoms with Crippen molar-refractivity contribution in [2.24, 2.45) is 0 Å². The van der Waals surface area contributed by atoms with Crippen molar-refractivity contribution in [1.29, 1.82) is 0 Å². The first kappa shape index (κ1) is 22.4. The molecule has 1 aliphatic heterocycles. The number of nitrogens with one attached hydrogen (secondary N) is 1. The number of thiazole rings is 1. The molecule has 1 amide bonds. The normalized spacial score (nSPS) is 18.3. The van der Waals surface area contributed by atoms with E-state index < -0.39 is 16.1 Å². The van der Waals surface area contributed by atoms with Gasteiger partial charge in [0.1, 0.15) is 11.9 Å². The highest BCUT2D eigenvalue weighted by Crippen LogP contribution is 2.35. The van der Waals surface area contributed by atoms with Gasteiger partial charge in [-0.05, 0) is 63.3 Å². The van der Waals surface area contributed by atoms with Crippen LogP contribution in [0.15, 0.2) is 53.4 Å². The van der Waals surface area contributed by atoms with Crippen molar-refractivity contribution in [3.8, 4) is 5.13 Å². The summed E-state index contributed by atoms with van der Waals surface area (Å²) in [6, 6.07) is 13.9. The van der Waals surface area contributed by atoms with Gasteiger partial charge in [0, 0.05) is 12.1 Å². The molecule has 1 unspecified atom stereocenters. The Hall–Kier alpha value is -3.08. The maximum atomic E-state index is 13.5. The second kappa shape index (κ2) is 8.54. The number of aromatic nitrogens is 3. The summed E-state index contributed by atoms with van der Waals surface area (Å²) in [5, 5.41) is 8.52. The molecule has 10 heteroatoms. The average molecular weight is 508 g/mol. The van der Waals surface area contributed by atoms with Gasteiger partial charge < -0.3 is 5.32 Å². The van der Waals surface area contributed by atoms with E-state index >= 15 is 0 Å². The first-order chi connectivity index (χ1) is 16.9. The lowest BCUT2D eigenvalue weighted by Crippen LogP contribution is -2.43. The lowest BCUT2D eigenvalue weighted by atomic mass is 10.2. The summed E-state index contributed by atoms with van der Waals surface area (Å²) in [7, 11) is -3.78. The highest BCUT2D eigenvalue weighted by atomic mass is 32.2. The number of rotatable bonds is 5. The Labute approximate surface area is 207 Å². The molecule has 2 aliphatic rings. The lowest BCUT2D eigenvalue weighted by Gasteiger charge is -2.23. The van der Waals surface area contributed by atoms with E-state index in [9.17, 15) is 13.2 Å². The van der Waals surface area contributed by atoms with Gasteiger partial charge in [-0.3, -0.25) is 4.79 Å². The van der Waals surface area contributed by atoms with Crippen LogP contribution in [0, 0.1) is 6.92 Å². The van der Waals surface area contributed by atoms with Gasteiger partial charge in [-0.2, -0.15) is 14.1 Å². The van der Waals surface area contributed by atoms with Crippen LogP contribution >= 0.6 is 11.3 Å². The molecule has 2 aromatic carbocycles. The maximum Gasteiger partial charge on any atom is 0.244 e. The number of aryl methyl sites for hydroxylation is 2. The van der Waals surface area contributed by atoms with Crippen molar-refractivity contribution in [2.45, 2.75) is 50.0 Å². The Morgan fingerprint density at radius 3 is 2.69 bits per heavy atom. The van der Waals surface area contributed by atoms with Crippen LogP contribution in [0.4, 0.5) is 5.82 Å². The third-order valence-corrected chi connectivity index (χ3v) is 9.68. The molecule has 1 atom stereocenters. The van der Waals surface area contributed by atoms with Gasteiger partial charge in [0.2, 0.25) is 21.1 Å². The first-order valence-electron chi connectivity index (χ1n) is 11.8. The number of anilines is 1. The number of benzene rings is 2. The van der Waals surface area contributed by atoms with Gasteiger partial charge in [0.25, 0.3) is 0 Å². The quantitative estimate of drug-likeness (QED) is 0.439. The van der Waals surface area contributed by atoms with Gasteiger partial charge in [-0.15, -0.1) is 0 Å². The fraction of sp³-hybridized carbons (Fsp3) is 0.320. The van der Waals surface area contributed by atoms with Crippen LogP contribution in [0.1, 0.15) is 36.1 Å². The topological polar surface area (TPSA) is 97.2 Å². The smallest absolute Gasteiger partial charge is 0.244 e. The molecular formula is C25H25N5O3S2. The number of hydrogen-bond acceptors (Lipinski definition) is 6. The van der Waals surface area contributed by atoms with E-state index in [4.69, 9.17) is 10.1 Å². The molecule has 1 fully saturated rings. The van der Waals surface area contributed by atoms with Gasteiger partial charge in [0.05, 0.1) is 20.8 Å². The van der Waals surface area contributed by atoms with E-state index in [1.165, 1.54) is 15.6 Å². The molecule has 0 bridgehead atoms. The molecule has 3 heterocycles. The van der Waals surface area contributed by atoms with E-state index in [-0.39, 0.29) is 10.8 Å². The van der Waals surface area contributed by atoms with Gasteiger partial charge >= 0.3 is 0 Å². The van der Waals surface area contributed by atoms with E-state index in [1.54, 1.807) is 28.9 Å². The van der Waals surface area contributed by atoms with Gasteiger partial charge in [-0.1, -0.05) is 41.2 Å². The third kappa shape index (κ3) is 3.85. The van der Waals surface area contributed by atoms with Crippen molar-refractivity contribution in [2.75, 3.05) is 11.9 Å². The number of carbonyl (C=O) groups is 1. The summed E-state index contributed by atoms with van der Waals surface area (Å²) in [6.45, 7) is 2.24. The number of nitrogens with zero attached hydrogens (tertiary/aromatic N) is 4. The van der Waals surface area contributed by atoms with E-state index in [0.717, 1.165) is 46.3 Å². The van der Waals surface area contributed by atoms with Crippen LogP contribution in [-0.4, -0.2) is 46.0 Å². The van der Waals surface area contributed by atoms with Crippen LogP contribution in [0.2, 0.25) is 0 Å². The molecule has 1 aliphatic carbocycles. The fourth-order valence-electron chi connectivity index (χ4n) is 4.94. The van der Waals surface area contributed by atoms with E-state index in [0.29, 0.717) is 30.3 Å². The molecule has 8 nitrogen and oxygen atoms in total. The highest BCUT2D eigenvalue weighted by Gasteiger charge is 2.40. The summed E-state index contributed by atoms with van der Waals surface area (Å²) < 4.78 is 30.8. The second-order valence-corrected chi connectivity index (χ2v) is 12.0. The molecule has 0 saturated carbocycles. The molecule has 6 rings (SSSR count). The number of para-hydroxylation sites is 1. The first-order valence-corrected chi connectivity index (χ1v) is 14.0. The summed E-state index contributed by atoms with van der Waals surface area (Å²) in [5.41, 5.74) is 3.85. The van der Waals surface area contributed by atoms with Crippen molar-refractivity contribution >= 4 is 43.3 Å². The van der Waals surface area contributed by atoms with Gasteiger partial charge in [-0.25, -0.2) is 13.4 Å². The van der Waals surface area contributed by atoms with Crippen molar-refractivity contribution in [3.05, 3.63) is 65.4 Å². The predicted octanol–water partition coefficient (Wildman–Crippen LogP) is 4.07. The zero-order valence-corrected chi connectivity index (χ0v) is 20.9. The Morgan fingerprint density at radius 1 is 1.09 bits per heavy atom. The van der Waals surface area contributed by atoms with Crippen LogP contribution < -0.4 is 5.32 Å². The molecule has 1 saturated heterocycles. The number of fused-ring (bicyclic) bond motifs is 2. The zero-order valence-electron chi connectivity index (χ0n) is 19.3. The maximum absolute atomic E-state index is 13.5. The summed E-state index contributed by atoms with van der Waals surface area (Å²) >= 11 is 1.52. The molecule has 1 N–H and O–H groups in total. The van der Waals surface area contributed by atoms with Crippen LogP contribution in [-0.2, 0) is 27.7 Å². The largest absolute Gasteiger partial charge is 0.309 e. The van der Waals surface area contributed by atoms with E-state index in [2.05, 4.69) is 5.32 Å². The molecular weight excluding hydrogens is 482 g/mol. The average Bonchev–Trinajstić information content (AvgIpc) is 3.62. The standard InChI is InChI=1S/C25H25N5O3S2/c1-16-11-13-17(14-12-16)35(32,33)29-15-5-9-21(29)24(31)27-23-18-6-4-8-19(18)28-30(23)25-26-20-7-2-3-10-22(20)34-25/h2-3,7,10-14,21H,4-6,8-9,15H2,1H3,(H,27,31). The zero-order chi connectivity index (χ0) is 24.2. The van der Waals surface area contributed by atoms with Crippen LogP contribution in [0.25, 0.3) is 15.3 Å². The fourth-order valence-corrected chi connectivity index (χ4v) is 7.53. The summed E-state index contributed by atoms with van der Waals surface area (Å²) in [5.74, 6) is 0.288. The number of hydrogen-bond donors (Lipinski definition) is 1. The molecule has 0 spiro atoms. The lowest BCUT2D eigenvalue weighted by molar-refractivity contribution is -0.119. The number of sulfonamides is 1. The predicted molar refractivity (Wildman–Crippen MR) is 135 cm³/mol. The van der Waals surface area contributed by atoms with Crippen molar-refractivity contribution in [1.82, 2.24) is 19.1 Å². The van der Waals surface area contributed by atoms with Crippen molar-refractivity contribution in [3.63, 3.8) is 0 Å². The van der Waals surface area contributed by atoms with Crippen LogP contribution in [0.3, 0.4) is 0 Å². The Morgan fingerprint density at radius 2 is 1.89 bits per heavy atom. The summed E-state index contributed by atoms with van der Waals surface area (Å²) in [6.07, 6.45) is 3.78. The van der Waals surface area contributed by atoms with Crippen LogP contribution in [0.5, 0.6) is 0 Å². The monoisotopic (exact) mass is 507 g/mol. The molecule has 0 radical (unpaired) electrons. The minimum Gasteiger partial charge on any atom is -0.309 e. The number of carbonyl (C=O) groups excluding carboxylic acids is 1. The molecule has 2 aromatic heterocycles. The summed E-state index contributed by atoms with van der Waals surface area (Å²) in [4.78, 5) is 18.5. The Balaban J connectivity index is 1.33. The minimum absolute atomic E-state index is 0.211. The molecule has 4 aromatic rings. The Bertz CT molecular complexity index is 1510. The third-order valence-electron chi connectivity index (χ3n) is 6.75. The SMILES string of the molecule is Cc1ccc(S(=O)(=O)N2CCCC2C(=O)Nc2c3c(nn2-c2nc4ccccc4s2)CCC3)cc1. The Kier molecular flexibility index (Phi) is 5.46.